The first-order chi connectivity index (χ1) is 9.02. The second kappa shape index (κ2) is 5.26. The van der Waals surface area contributed by atoms with Crippen LogP contribution >= 0.6 is 0 Å². The van der Waals surface area contributed by atoms with E-state index in [4.69, 9.17) is 5.73 Å². The van der Waals surface area contributed by atoms with Crippen LogP contribution in [0.5, 0.6) is 0 Å². The highest BCUT2D eigenvalue weighted by molar-refractivity contribution is 5.68. The van der Waals surface area contributed by atoms with Gasteiger partial charge >= 0.3 is 0 Å². The van der Waals surface area contributed by atoms with Crippen molar-refractivity contribution in [3.8, 4) is 0 Å². The van der Waals surface area contributed by atoms with Gasteiger partial charge in [-0.05, 0) is 25.1 Å². The Hall–Kier alpha value is -2.10. The molecule has 0 bridgehead atoms. The standard InChI is InChI=1S/C15H16F2N2/c1-10(11-6-3-4-7-12(11)16)19(2)14-9-5-8-13(17)15(14)18/h3-10H,18H2,1-2H3. The number of nitrogens with zero attached hydrogens (tertiary/aromatic N) is 1. The molecule has 0 aliphatic rings. The van der Waals surface area contributed by atoms with Gasteiger partial charge in [0.15, 0.2) is 0 Å². The Morgan fingerprint density at radius 3 is 2.32 bits per heavy atom. The Morgan fingerprint density at radius 2 is 1.63 bits per heavy atom. The molecule has 4 heteroatoms. The van der Waals surface area contributed by atoms with E-state index in [1.807, 2.05) is 6.92 Å². The van der Waals surface area contributed by atoms with E-state index in [1.165, 1.54) is 12.1 Å². The highest BCUT2D eigenvalue weighted by Crippen LogP contribution is 2.31. The average molecular weight is 262 g/mol. The van der Waals surface area contributed by atoms with Gasteiger partial charge in [0.2, 0.25) is 0 Å². The molecular formula is C15H16F2N2. The third-order valence-electron chi connectivity index (χ3n) is 3.35. The van der Waals surface area contributed by atoms with E-state index in [0.717, 1.165) is 0 Å². The SMILES string of the molecule is CC(c1ccccc1F)N(C)c1cccc(F)c1N. The molecule has 2 aromatic rings. The average Bonchev–Trinajstić information content (AvgIpc) is 2.41. The zero-order valence-corrected chi connectivity index (χ0v) is 10.9. The van der Waals surface area contributed by atoms with Crippen LogP contribution in [0.4, 0.5) is 20.2 Å². The van der Waals surface area contributed by atoms with Gasteiger partial charge in [-0.25, -0.2) is 8.78 Å². The van der Waals surface area contributed by atoms with Crippen molar-refractivity contribution in [2.75, 3.05) is 17.7 Å². The van der Waals surface area contributed by atoms with E-state index in [0.29, 0.717) is 11.3 Å². The fourth-order valence-electron chi connectivity index (χ4n) is 2.06. The van der Waals surface area contributed by atoms with Gasteiger partial charge in [-0.3, -0.25) is 0 Å². The van der Waals surface area contributed by atoms with Crippen molar-refractivity contribution in [3.63, 3.8) is 0 Å². The summed E-state index contributed by atoms with van der Waals surface area (Å²) in [7, 11) is 1.77. The Labute approximate surface area is 111 Å². The molecule has 2 N–H and O–H groups in total. The first kappa shape index (κ1) is 13.3. The minimum absolute atomic E-state index is 0.0770. The minimum Gasteiger partial charge on any atom is -0.395 e. The molecule has 0 heterocycles. The first-order valence-corrected chi connectivity index (χ1v) is 6.03. The fraction of sp³-hybridized carbons (Fsp3) is 0.200. The highest BCUT2D eigenvalue weighted by atomic mass is 19.1. The summed E-state index contributed by atoms with van der Waals surface area (Å²) in [6, 6.07) is 10.9. The predicted octanol–water partition coefficient (Wildman–Crippen LogP) is 3.74. The number of hydrogen-bond acceptors (Lipinski definition) is 2. The Balaban J connectivity index is 2.37. The number of nitrogens with two attached hydrogens (primary N) is 1. The van der Waals surface area contributed by atoms with Gasteiger partial charge in [-0.15, -0.1) is 0 Å². The molecule has 2 nitrogen and oxygen atoms in total. The zero-order chi connectivity index (χ0) is 14.0. The van der Waals surface area contributed by atoms with Crippen molar-refractivity contribution < 1.29 is 8.78 Å². The van der Waals surface area contributed by atoms with E-state index in [1.54, 1.807) is 42.3 Å². The van der Waals surface area contributed by atoms with Crippen molar-refractivity contribution >= 4 is 11.4 Å². The van der Waals surface area contributed by atoms with Crippen molar-refractivity contribution in [2.45, 2.75) is 13.0 Å². The van der Waals surface area contributed by atoms with Crippen LogP contribution in [-0.2, 0) is 0 Å². The Morgan fingerprint density at radius 1 is 1.00 bits per heavy atom. The summed E-state index contributed by atoms with van der Waals surface area (Å²) >= 11 is 0. The molecule has 0 spiro atoms. The van der Waals surface area contributed by atoms with E-state index < -0.39 is 5.82 Å². The zero-order valence-electron chi connectivity index (χ0n) is 10.9. The van der Waals surface area contributed by atoms with Crippen LogP contribution in [0.2, 0.25) is 0 Å². The monoisotopic (exact) mass is 262 g/mol. The maximum atomic E-state index is 13.8. The largest absolute Gasteiger partial charge is 0.395 e. The molecule has 0 amide bonds. The molecule has 0 saturated heterocycles. The summed E-state index contributed by atoms with van der Waals surface area (Å²) in [5.74, 6) is -0.748. The number of rotatable bonds is 3. The molecule has 1 atom stereocenters. The second-order valence-electron chi connectivity index (χ2n) is 4.48. The van der Waals surface area contributed by atoms with Crippen LogP contribution in [0.25, 0.3) is 0 Å². The van der Waals surface area contributed by atoms with Gasteiger partial charge in [-0.2, -0.15) is 0 Å². The molecule has 0 fully saturated rings. The van der Waals surface area contributed by atoms with Gasteiger partial charge in [-0.1, -0.05) is 24.3 Å². The lowest BCUT2D eigenvalue weighted by Crippen LogP contribution is -2.23. The summed E-state index contributed by atoms with van der Waals surface area (Å²) in [5, 5.41) is 0. The molecule has 100 valence electrons. The number of benzene rings is 2. The van der Waals surface area contributed by atoms with Gasteiger partial charge in [0.25, 0.3) is 0 Å². The van der Waals surface area contributed by atoms with Gasteiger partial charge in [0.05, 0.1) is 17.4 Å². The topological polar surface area (TPSA) is 29.3 Å². The van der Waals surface area contributed by atoms with Crippen molar-refractivity contribution in [3.05, 3.63) is 59.7 Å². The van der Waals surface area contributed by atoms with Gasteiger partial charge < -0.3 is 10.6 Å². The smallest absolute Gasteiger partial charge is 0.148 e. The van der Waals surface area contributed by atoms with E-state index >= 15 is 0 Å². The second-order valence-corrected chi connectivity index (χ2v) is 4.48. The van der Waals surface area contributed by atoms with Crippen LogP contribution < -0.4 is 10.6 Å². The molecule has 19 heavy (non-hydrogen) atoms. The van der Waals surface area contributed by atoms with Gasteiger partial charge in [0.1, 0.15) is 11.6 Å². The summed E-state index contributed by atoms with van der Waals surface area (Å²) in [4.78, 5) is 1.76. The van der Waals surface area contributed by atoms with Crippen LogP contribution in [-0.4, -0.2) is 7.05 Å². The number of hydrogen-bond donors (Lipinski definition) is 1. The number of anilines is 2. The molecule has 0 aromatic heterocycles. The van der Waals surface area contributed by atoms with Gasteiger partial charge in [0, 0.05) is 12.6 Å². The lowest BCUT2D eigenvalue weighted by Gasteiger charge is -2.28. The Kier molecular flexibility index (Phi) is 3.69. The third kappa shape index (κ3) is 2.52. The minimum atomic E-state index is -0.468. The van der Waals surface area contributed by atoms with Crippen molar-refractivity contribution in [1.29, 1.82) is 0 Å². The lowest BCUT2D eigenvalue weighted by atomic mass is 10.1. The van der Waals surface area contributed by atoms with E-state index in [9.17, 15) is 8.78 Å². The number of nitrogen functional groups attached to an aromatic ring is 1. The van der Waals surface area contributed by atoms with Crippen LogP contribution in [0.1, 0.15) is 18.5 Å². The van der Waals surface area contributed by atoms with Crippen molar-refractivity contribution in [1.82, 2.24) is 0 Å². The maximum absolute atomic E-state index is 13.8. The molecule has 0 aliphatic carbocycles. The predicted molar refractivity (Wildman–Crippen MR) is 74.0 cm³/mol. The third-order valence-corrected chi connectivity index (χ3v) is 3.35. The Bertz CT molecular complexity index is 584. The van der Waals surface area contributed by atoms with Crippen LogP contribution in [0.3, 0.4) is 0 Å². The first-order valence-electron chi connectivity index (χ1n) is 6.03. The van der Waals surface area contributed by atoms with E-state index in [-0.39, 0.29) is 17.5 Å². The maximum Gasteiger partial charge on any atom is 0.148 e. The van der Waals surface area contributed by atoms with Crippen LogP contribution in [0.15, 0.2) is 42.5 Å². The highest BCUT2D eigenvalue weighted by Gasteiger charge is 2.18. The molecule has 1 unspecified atom stereocenters. The number of halogens is 2. The summed E-state index contributed by atoms with van der Waals surface area (Å²) in [6.45, 7) is 1.85. The lowest BCUT2D eigenvalue weighted by molar-refractivity contribution is 0.584. The fourth-order valence-corrected chi connectivity index (χ4v) is 2.06. The molecule has 0 radical (unpaired) electrons. The molecule has 2 aromatic carbocycles. The quantitative estimate of drug-likeness (QED) is 0.854. The normalized spacial score (nSPS) is 12.2. The summed E-state index contributed by atoms with van der Waals surface area (Å²) in [5.41, 5.74) is 6.91. The molecule has 0 saturated carbocycles. The molecule has 0 aliphatic heterocycles. The van der Waals surface area contributed by atoms with Crippen molar-refractivity contribution in [2.24, 2.45) is 0 Å². The van der Waals surface area contributed by atoms with Crippen LogP contribution in [0, 0.1) is 11.6 Å². The summed E-state index contributed by atoms with van der Waals surface area (Å²) in [6.07, 6.45) is 0. The van der Waals surface area contributed by atoms with E-state index in [2.05, 4.69) is 0 Å². The molecule has 2 rings (SSSR count). The summed E-state index contributed by atoms with van der Waals surface area (Å²) < 4.78 is 27.2. The number of para-hydroxylation sites is 1. The molecular weight excluding hydrogens is 246 g/mol.